The van der Waals surface area contributed by atoms with E-state index in [1.165, 1.54) is 12.3 Å². The third-order valence-corrected chi connectivity index (χ3v) is 3.67. The topological polar surface area (TPSA) is 78.0 Å². The fraction of sp³-hybridized carbons (Fsp3) is 0.538. The van der Waals surface area contributed by atoms with Gasteiger partial charge < -0.3 is 10.9 Å². The number of hydrogen-bond donors (Lipinski definition) is 2. The van der Waals surface area contributed by atoms with Crippen molar-refractivity contribution in [3.8, 4) is 0 Å². The van der Waals surface area contributed by atoms with Crippen LogP contribution in [0, 0.1) is 5.82 Å². The van der Waals surface area contributed by atoms with Gasteiger partial charge in [-0.3, -0.25) is 14.8 Å². The van der Waals surface area contributed by atoms with Crippen LogP contribution in [0.1, 0.15) is 12.5 Å². The molecule has 1 fully saturated rings. The average Bonchev–Trinajstić information content (AvgIpc) is 2.46. The summed E-state index contributed by atoms with van der Waals surface area (Å²) in [5.74, 6) is -0.0746. The number of hydrogen-bond acceptors (Lipinski definition) is 5. The van der Waals surface area contributed by atoms with Crippen LogP contribution in [-0.2, 0) is 6.54 Å². The normalized spacial score (nSPS) is 20.0. The second-order valence-electron chi connectivity index (χ2n) is 5.02. The molecule has 110 valence electrons. The molecule has 1 atom stereocenters. The number of aromatic nitrogens is 1. The fourth-order valence-electron chi connectivity index (χ4n) is 2.38. The lowest BCUT2D eigenvalue weighted by molar-refractivity contribution is 0.116. The van der Waals surface area contributed by atoms with Crippen LogP contribution in [0.5, 0.6) is 0 Å². The van der Waals surface area contributed by atoms with Crippen molar-refractivity contribution < 1.29 is 9.60 Å². The zero-order valence-corrected chi connectivity index (χ0v) is 11.5. The first-order chi connectivity index (χ1) is 9.60. The number of halogens is 1. The molecule has 0 aromatic carbocycles. The molecule has 2 heterocycles. The quantitative estimate of drug-likeness (QED) is 0.363. The summed E-state index contributed by atoms with van der Waals surface area (Å²) in [6.45, 7) is 6.00. The van der Waals surface area contributed by atoms with E-state index in [-0.39, 0.29) is 17.7 Å². The predicted octanol–water partition coefficient (Wildman–Crippen LogP) is 0.473. The molecule has 6 nitrogen and oxygen atoms in total. The maximum absolute atomic E-state index is 13.1. The van der Waals surface area contributed by atoms with Crippen LogP contribution in [-0.4, -0.2) is 58.0 Å². The number of pyridine rings is 1. The van der Waals surface area contributed by atoms with Gasteiger partial charge in [-0.1, -0.05) is 5.16 Å². The average molecular weight is 281 g/mol. The lowest BCUT2D eigenvalue weighted by Crippen LogP contribution is -2.52. The molecule has 3 N–H and O–H groups in total. The number of nitrogens with zero attached hydrogens (tertiary/aromatic N) is 4. The van der Waals surface area contributed by atoms with E-state index in [2.05, 4.69) is 19.9 Å². The van der Waals surface area contributed by atoms with E-state index in [1.807, 2.05) is 6.92 Å². The fourth-order valence-corrected chi connectivity index (χ4v) is 2.38. The van der Waals surface area contributed by atoms with Gasteiger partial charge in [0.15, 0.2) is 5.84 Å². The molecule has 0 radical (unpaired) electrons. The largest absolute Gasteiger partial charge is 0.409 e. The summed E-state index contributed by atoms with van der Waals surface area (Å²) in [7, 11) is 0. The Morgan fingerprint density at radius 1 is 1.45 bits per heavy atom. The second kappa shape index (κ2) is 6.62. The molecule has 7 heteroatoms. The van der Waals surface area contributed by atoms with Gasteiger partial charge in [0.1, 0.15) is 5.82 Å². The van der Waals surface area contributed by atoms with Gasteiger partial charge >= 0.3 is 0 Å². The summed E-state index contributed by atoms with van der Waals surface area (Å²) in [5, 5.41) is 11.7. The Bertz CT molecular complexity index is 474. The smallest absolute Gasteiger partial charge is 0.156 e. The molecule has 1 saturated heterocycles. The van der Waals surface area contributed by atoms with Crippen LogP contribution in [0.4, 0.5) is 4.39 Å². The number of rotatable bonds is 4. The minimum atomic E-state index is -0.304. The molecule has 20 heavy (non-hydrogen) atoms. The summed E-state index contributed by atoms with van der Waals surface area (Å²) in [6.07, 6.45) is 2.90. The highest BCUT2D eigenvalue weighted by Gasteiger charge is 2.23. The number of piperazine rings is 1. The van der Waals surface area contributed by atoms with Crippen LogP contribution in [0.3, 0.4) is 0 Å². The summed E-state index contributed by atoms with van der Waals surface area (Å²) in [5.41, 5.74) is 6.49. The Balaban J connectivity index is 1.85. The van der Waals surface area contributed by atoms with Crippen molar-refractivity contribution in [1.82, 2.24) is 14.8 Å². The van der Waals surface area contributed by atoms with Crippen molar-refractivity contribution in [2.45, 2.75) is 19.5 Å². The van der Waals surface area contributed by atoms with Gasteiger partial charge in [-0.15, -0.1) is 0 Å². The Hall–Kier alpha value is -1.73. The van der Waals surface area contributed by atoms with Crippen molar-refractivity contribution in [2.75, 3.05) is 26.2 Å². The van der Waals surface area contributed by atoms with Gasteiger partial charge in [-0.25, -0.2) is 4.39 Å². The highest BCUT2D eigenvalue weighted by atomic mass is 19.1. The van der Waals surface area contributed by atoms with Crippen molar-refractivity contribution in [3.63, 3.8) is 0 Å². The first-order valence-corrected chi connectivity index (χ1v) is 6.63. The monoisotopic (exact) mass is 281 g/mol. The van der Waals surface area contributed by atoms with Gasteiger partial charge in [-0.05, 0) is 18.6 Å². The van der Waals surface area contributed by atoms with Gasteiger partial charge in [0, 0.05) is 38.9 Å². The molecule has 1 aromatic heterocycles. The SMILES string of the molecule is CC(/C(N)=N/O)N1CCN(Cc2cncc(F)c2)CC1. The summed E-state index contributed by atoms with van der Waals surface area (Å²) < 4.78 is 13.1. The lowest BCUT2D eigenvalue weighted by atomic mass is 10.2. The molecule has 1 aromatic rings. The summed E-state index contributed by atoms with van der Waals surface area (Å²) in [4.78, 5) is 8.26. The molecule has 1 aliphatic rings. The maximum atomic E-state index is 13.1. The molecule has 0 saturated carbocycles. The van der Waals surface area contributed by atoms with Crippen molar-refractivity contribution in [3.05, 3.63) is 29.8 Å². The minimum absolute atomic E-state index is 0.0713. The van der Waals surface area contributed by atoms with Crippen molar-refractivity contribution in [2.24, 2.45) is 10.9 Å². The highest BCUT2D eigenvalue weighted by molar-refractivity contribution is 5.84. The van der Waals surface area contributed by atoms with E-state index < -0.39 is 0 Å². The van der Waals surface area contributed by atoms with Crippen LogP contribution in [0.25, 0.3) is 0 Å². The summed E-state index contributed by atoms with van der Waals surface area (Å²) in [6, 6.07) is 1.44. The molecule has 0 aliphatic carbocycles. The third kappa shape index (κ3) is 3.64. The molecule has 0 bridgehead atoms. The van der Waals surface area contributed by atoms with Gasteiger partial charge in [0.2, 0.25) is 0 Å². The Morgan fingerprint density at radius 3 is 2.75 bits per heavy atom. The van der Waals surface area contributed by atoms with E-state index in [1.54, 1.807) is 6.20 Å². The molecule has 0 amide bonds. The number of amidine groups is 1. The maximum Gasteiger partial charge on any atom is 0.156 e. The van der Waals surface area contributed by atoms with Crippen LogP contribution < -0.4 is 5.73 Å². The molecular weight excluding hydrogens is 261 g/mol. The van der Waals surface area contributed by atoms with Crippen molar-refractivity contribution in [1.29, 1.82) is 0 Å². The van der Waals surface area contributed by atoms with E-state index in [9.17, 15) is 4.39 Å². The lowest BCUT2D eigenvalue weighted by Gasteiger charge is -2.37. The molecular formula is C13H20FN5O. The van der Waals surface area contributed by atoms with E-state index in [0.717, 1.165) is 31.7 Å². The van der Waals surface area contributed by atoms with Gasteiger partial charge in [0.05, 0.1) is 12.2 Å². The first-order valence-electron chi connectivity index (χ1n) is 6.63. The number of nitrogens with two attached hydrogens (primary N) is 1. The molecule has 2 rings (SSSR count). The molecule has 1 unspecified atom stereocenters. The second-order valence-corrected chi connectivity index (χ2v) is 5.02. The standard InChI is InChI=1S/C13H20FN5O/c1-10(13(15)17-20)19-4-2-18(3-5-19)9-11-6-12(14)8-16-7-11/h6-8,10,20H,2-5,9H2,1H3,(H2,15,17). The van der Waals surface area contributed by atoms with Gasteiger partial charge in [0.25, 0.3) is 0 Å². The van der Waals surface area contributed by atoms with Crippen LogP contribution >= 0.6 is 0 Å². The van der Waals surface area contributed by atoms with E-state index >= 15 is 0 Å². The van der Waals surface area contributed by atoms with Crippen molar-refractivity contribution >= 4 is 5.84 Å². The number of oxime groups is 1. The zero-order valence-electron chi connectivity index (χ0n) is 11.5. The molecule has 1 aliphatic heterocycles. The molecule has 0 spiro atoms. The predicted molar refractivity (Wildman–Crippen MR) is 73.9 cm³/mol. The minimum Gasteiger partial charge on any atom is -0.409 e. The van der Waals surface area contributed by atoms with E-state index in [0.29, 0.717) is 6.54 Å². The third-order valence-electron chi connectivity index (χ3n) is 3.67. The van der Waals surface area contributed by atoms with Gasteiger partial charge in [-0.2, -0.15) is 0 Å². The van der Waals surface area contributed by atoms with E-state index in [4.69, 9.17) is 10.9 Å². The summed E-state index contributed by atoms with van der Waals surface area (Å²) >= 11 is 0. The van der Waals surface area contributed by atoms with Crippen LogP contribution in [0.2, 0.25) is 0 Å². The zero-order chi connectivity index (χ0) is 14.5. The van der Waals surface area contributed by atoms with Crippen LogP contribution in [0.15, 0.2) is 23.6 Å². The highest BCUT2D eigenvalue weighted by Crippen LogP contribution is 2.11. The Kier molecular flexibility index (Phi) is 4.86. The first kappa shape index (κ1) is 14.7. The Labute approximate surface area is 117 Å². The Morgan fingerprint density at radius 2 is 2.15 bits per heavy atom.